The topological polar surface area (TPSA) is 41.6 Å². The molecule has 0 bridgehead atoms. The maximum Gasteiger partial charge on any atom is 0.258 e. The Balaban J connectivity index is 1.55. The fourth-order valence-electron chi connectivity index (χ4n) is 3.33. The summed E-state index contributed by atoms with van der Waals surface area (Å²) < 4.78 is 5.53. The molecule has 1 unspecified atom stereocenters. The molecule has 0 aliphatic carbocycles. The third kappa shape index (κ3) is 6.11. The summed E-state index contributed by atoms with van der Waals surface area (Å²) in [6.45, 7) is 2.66. The molecule has 1 amide bonds. The molecule has 1 aromatic carbocycles. The zero-order valence-corrected chi connectivity index (χ0v) is 17.5. The monoisotopic (exact) mass is 426 g/mol. The van der Waals surface area contributed by atoms with Crippen LogP contribution < -0.4 is 10.1 Å². The van der Waals surface area contributed by atoms with E-state index in [2.05, 4.69) is 27.0 Å². The van der Waals surface area contributed by atoms with Crippen LogP contribution in [0.2, 0.25) is 10.0 Å². The van der Waals surface area contributed by atoms with Gasteiger partial charge in [0.05, 0.1) is 11.1 Å². The second-order valence-corrected chi connectivity index (χ2v) is 8.31. The van der Waals surface area contributed by atoms with Crippen molar-refractivity contribution in [3.63, 3.8) is 0 Å². The first kappa shape index (κ1) is 20.5. The number of hydrogen-bond donors (Lipinski definition) is 1. The molecule has 146 valence electrons. The van der Waals surface area contributed by atoms with Crippen LogP contribution in [-0.2, 0) is 4.79 Å². The zero-order chi connectivity index (χ0) is 19.1. The van der Waals surface area contributed by atoms with Crippen LogP contribution in [0.5, 0.6) is 5.75 Å². The third-order valence-electron chi connectivity index (χ3n) is 4.75. The van der Waals surface area contributed by atoms with Crippen molar-refractivity contribution in [1.82, 2.24) is 10.2 Å². The second kappa shape index (κ2) is 10.3. The number of ether oxygens (including phenoxy) is 1. The van der Waals surface area contributed by atoms with Crippen LogP contribution in [0.4, 0.5) is 0 Å². The first-order valence-electron chi connectivity index (χ1n) is 9.24. The average molecular weight is 427 g/mol. The number of rotatable bonds is 7. The standard InChI is InChI=1S/C20H24Cl2N2O2S/c21-16-5-6-19(17(22)11-16)26-13-20(25)23-12-18(15-7-10-27-14-15)24-8-3-1-2-4-9-24/h5-7,10-11,14,18H,1-4,8-9,12-13H2,(H,23,25). The molecule has 1 aliphatic heterocycles. The fourth-order valence-corrected chi connectivity index (χ4v) is 4.50. The van der Waals surface area contributed by atoms with Gasteiger partial charge in [0, 0.05) is 11.6 Å². The number of benzene rings is 1. The fraction of sp³-hybridized carbons (Fsp3) is 0.450. The lowest BCUT2D eigenvalue weighted by Gasteiger charge is -2.30. The lowest BCUT2D eigenvalue weighted by molar-refractivity contribution is -0.123. The molecular formula is C20H24Cl2N2O2S. The van der Waals surface area contributed by atoms with Crippen molar-refractivity contribution in [3.05, 3.63) is 50.6 Å². The predicted molar refractivity (Wildman–Crippen MR) is 112 cm³/mol. The van der Waals surface area contributed by atoms with Gasteiger partial charge in [-0.05, 0) is 66.5 Å². The van der Waals surface area contributed by atoms with E-state index in [0.29, 0.717) is 22.3 Å². The van der Waals surface area contributed by atoms with Crippen molar-refractivity contribution >= 4 is 40.4 Å². The molecule has 3 rings (SSSR count). The molecule has 0 spiro atoms. The highest BCUT2D eigenvalue weighted by Crippen LogP contribution is 2.28. The summed E-state index contributed by atoms with van der Waals surface area (Å²) in [6, 6.07) is 7.31. The van der Waals surface area contributed by atoms with E-state index in [4.69, 9.17) is 27.9 Å². The van der Waals surface area contributed by atoms with Gasteiger partial charge in [-0.1, -0.05) is 36.0 Å². The normalized spacial score (nSPS) is 16.5. The minimum absolute atomic E-state index is 0.0717. The van der Waals surface area contributed by atoms with Crippen LogP contribution in [0.3, 0.4) is 0 Å². The van der Waals surface area contributed by atoms with E-state index in [1.54, 1.807) is 29.5 Å². The summed E-state index contributed by atoms with van der Waals surface area (Å²) in [4.78, 5) is 14.8. The summed E-state index contributed by atoms with van der Waals surface area (Å²) in [5.74, 6) is 0.300. The Bertz CT molecular complexity index is 732. The number of hydrogen-bond acceptors (Lipinski definition) is 4. The van der Waals surface area contributed by atoms with Gasteiger partial charge in [0.2, 0.25) is 0 Å². The molecule has 1 aromatic heterocycles. The average Bonchev–Trinajstić information content (AvgIpc) is 3.04. The van der Waals surface area contributed by atoms with E-state index in [9.17, 15) is 4.79 Å². The molecule has 0 radical (unpaired) electrons. The minimum Gasteiger partial charge on any atom is -0.482 e. The number of carbonyl (C=O) groups excluding carboxylic acids is 1. The molecule has 1 N–H and O–H groups in total. The molecule has 1 saturated heterocycles. The quantitative estimate of drug-likeness (QED) is 0.663. The van der Waals surface area contributed by atoms with Crippen LogP contribution >= 0.6 is 34.5 Å². The maximum atomic E-state index is 12.3. The number of likely N-dealkylation sites (tertiary alicyclic amines) is 1. The molecule has 7 heteroatoms. The largest absolute Gasteiger partial charge is 0.482 e. The van der Waals surface area contributed by atoms with E-state index < -0.39 is 0 Å². The van der Waals surface area contributed by atoms with Gasteiger partial charge >= 0.3 is 0 Å². The molecule has 2 aromatic rings. The van der Waals surface area contributed by atoms with E-state index in [1.165, 1.54) is 31.2 Å². The Morgan fingerprint density at radius 2 is 1.96 bits per heavy atom. The molecule has 27 heavy (non-hydrogen) atoms. The van der Waals surface area contributed by atoms with Gasteiger partial charge in [0.15, 0.2) is 6.61 Å². The van der Waals surface area contributed by atoms with Gasteiger partial charge in [0.1, 0.15) is 5.75 Å². The number of thiophene rings is 1. The molecular weight excluding hydrogens is 403 g/mol. The highest BCUT2D eigenvalue weighted by Gasteiger charge is 2.22. The molecule has 1 atom stereocenters. The van der Waals surface area contributed by atoms with Crippen LogP contribution in [0.1, 0.15) is 37.3 Å². The zero-order valence-electron chi connectivity index (χ0n) is 15.1. The van der Waals surface area contributed by atoms with Gasteiger partial charge in [-0.15, -0.1) is 0 Å². The molecule has 0 saturated carbocycles. The van der Waals surface area contributed by atoms with Crippen LogP contribution in [0.15, 0.2) is 35.0 Å². The molecule has 2 heterocycles. The molecule has 4 nitrogen and oxygen atoms in total. The van der Waals surface area contributed by atoms with Crippen molar-refractivity contribution < 1.29 is 9.53 Å². The second-order valence-electron chi connectivity index (χ2n) is 6.69. The van der Waals surface area contributed by atoms with Gasteiger partial charge < -0.3 is 10.1 Å². The first-order chi connectivity index (χ1) is 13.1. The van der Waals surface area contributed by atoms with Crippen molar-refractivity contribution in [1.29, 1.82) is 0 Å². The van der Waals surface area contributed by atoms with E-state index in [0.717, 1.165) is 13.1 Å². The van der Waals surface area contributed by atoms with E-state index in [-0.39, 0.29) is 18.6 Å². The van der Waals surface area contributed by atoms with E-state index >= 15 is 0 Å². The Kier molecular flexibility index (Phi) is 7.82. The van der Waals surface area contributed by atoms with Gasteiger partial charge in [-0.25, -0.2) is 0 Å². The Morgan fingerprint density at radius 3 is 2.63 bits per heavy atom. The summed E-state index contributed by atoms with van der Waals surface area (Å²) in [7, 11) is 0. The molecule has 1 fully saturated rings. The van der Waals surface area contributed by atoms with Crippen LogP contribution in [0, 0.1) is 0 Å². The van der Waals surface area contributed by atoms with Crippen molar-refractivity contribution in [2.45, 2.75) is 31.7 Å². The predicted octanol–water partition coefficient (Wildman–Crippen LogP) is 5.17. The Hall–Kier alpha value is -1.27. The number of halogens is 2. The minimum atomic E-state index is -0.156. The summed E-state index contributed by atoms with van der Waals surface area (Å²) >= 11 is 13.6. The maximum absolute atomic E-state index is 12.3. The summed E-state index contributed by atoms with van der Waals surface area (Å²) in [5, 5.41) is 8.22. The highest BCUT2D eigenvalue weighted by atomic mass is 35.5. The van der Waals surface area contributed by atoms with Gasteiger partial charge in [-0.3, -0.25) is 9.69 Å². The van der Waals surface area contributed by atoms with E-state index in [1.807, 2.05) is 0 Å². The Morgan fingerprint density at radius 1 is 1.19 bits per heavy atom. The van der Waals surface area contributed by atoms with Gasteiger partial charge in [-0.2, -0.15) is 11.3 Å². The smallest absolute Gasteiger partial charge is 0.258 e. The SMILES string of the molecule is O=C(COc1ccc(Cl)cc1Cl)NCC(c1ccsc1)N1CCCCCC1. The van der Waals surface area contributed by atoms with Crippen LogP contribution in [0.25, 0.3) is 0 Å². The molecule has 1 aliphatic rings. The number of amides is 1. The van der Waals surface area contributed by atoms with Crippen molar-refractivity contribution in [2.75, 3.05) is 26.2 Å². The van der Waals surface area contributed by atoms with Crippen molar-refractivity contribution in [2.24, 2.45) is 0 Å². The number of nitrogens with zero attached hydrogens (tertiary/aromatic N) is 1. The van der Waals surface area contributed by atoms with Crippen molar-refractivity contribution in [3.8, 4) is 5.75 Å². The lowest BCUT2D eigenvalue weighted by atomic mass is 10.1. The van der Waals surface area contributed by atoms with Crippen LogP contribution in [-0.4, -0.2) is 37.0 Å². The lowest BCUT2D eigenvalue weighted by Crippen LogP contribution is -2.40. The third-order valence-corrected chi connectivity index (χ3v) is 5.99. The summed E-state index contributed by atoms with van der Waals surface area (Å²) in [6.07, 6.45) is 5.00. The Labute approximate surface area is 174 Å². The number of nitrogens with one attached hydrogen (secondary N) is 1. The summed E-state index contributed by atoms with van der Waals surface area (Å²) in [5.41, 5.74) is 1.27. The van der Waals surface area contributed by atoms with Gasteiger partial charge in [0.25, 0.3) is 5.91 Å². The highest BCUT2D eigenvalue weighted by molar-refractivity contribution is 7.08. The first-order valence-corrected chi connectivity index (χ1v) is 10.9. The number of carbonyl (C=O) groups is 1.